The highest BCUT2D eigenvalue weighted by atomic mass is 127. The molecule has 0 aliphatic rings. The van der Waals surface area contributed by atoms with E-state index in [9.17, 15) is 9.59 Å². The van der Waals surface area contributed by atoms with Crippen LogP contribution in [0.4, 0.5) is 5.13 Å². The summed E-state index contributed by atoms with van der Waals surface area (Å²) in [5.74, 6) is -0.699. The first-order valence-corrected chi connectivity index (χ1v) is 7.54. The van der Waals surface area contributed by atoms with Gasteiger partial charge >= 0.3 is 5.97 Å². The molecule has 0 saturated carbocycles. The van der Waals surface area contributed by atoms with Crippen LogP contribution in [-0.4, -0.2) is 24.0 Å². The largest absolute Gasteiger partial charge is 0.465 e. The highest BCUT2D eigenvalue weighted by Gasteiger charge is 2.18. The molecule has 1 N–H and O–H groups in total. The molecule has 0 fully saturated rings. The number of aromatic nitrogens is 1. The number of ether oxygens (including phenoxy) is 1. The number of carbonyl (C=O) groups excluding carboxylic acids is 2. The third-order valence-electron chi connectivity index (χ3n) is 2.51. The molecule has 0 spiro atoms. The maximum Gasteiger partial charge on any atom is 0.350 e. The van der Waals surface area contributed by atoms with E-state index in [-0.39, 0.29) is 5.91 Å². The first-order valence-electron chi connectivity index (χ1n) is 5.64. The minimum absolute atomic E-state index is 0.250. The first-order chi connectivity index (χ1) is 9.52. The number of benzene rings is 1. The van der Waals surface area contributed by atoms with Crippen LogP contribution < -0.4 is 5.32 Å². The Kier molecular flexibility index (Phi) is 4.71. The molecule has 0 aliphatic heterocycles. The zero-order chi connectivity index (χ0) is 14.7. The average molecular weight is 402 g/mol. The Morgan fingerprint density at radius 2 is 2.05 bits per heavy atom. The third kappa shape index (κ3) is 3.15. The molecule has 2 rings (SSSR count). The highest BCUT2D eigenvalue weighted by Crippen LogP contribution is 2.24. The molecule has 0 bridgehead atoms. The lowest BCUT2D eigenvalue weighted by molar-refractivity contribution is 0.0605. The molecule has 0 aliphatic carbocycles. The van der Waals surface area contributed by atoms with Gasteiger partial charge in [-0.1, -0.05) is 23.5 Å². The molecule has 1 amide bonds. The lowest BCUT2D eigenvalue weighted by Gasteiger charge is -2.03. The van der Waals surface area contributed by atoms with E-state index < -0.39 is 5.97 Å². The SMILES string of the molecule is COC(=O)c1sc(NC(=O)c2ccccc2I)nc1C. The zero-order valence-electron chi connectivity index (χ0n) is 10.8. The number of methoxy groups -OCH3 is 1. The van der Waals surface area contributed by atoms with Gasteiger partial charge in [0, 0.05) is 3.57 Å². The van der Waals surface area contributed by atoms with E-state index in [0.29, 0.717) is 21.3 Å². The lowest BCUT2D eigenvalue weighted by Crippen LogP contribution is -2.13. The Balaban J connectivity index is 2.21. The number of hydrogen-bond donors (Lipinski definition) is 1. The fourth-order valence-corrected chi connectivity index (χ4v) is 3.05. The second-order valence-electron chi connectivity index (χ2n) is 3.86. The third-order valence-corrected chi connectivity index (χ3v) is 4.50. The van der Waals surface area contributed by atoms with E-state index in [4.69, 9.17) is 0 Å². The molecule has 5 nitrogen and oxygen atoms in total. The number of esters is 1. The maximum atomic E-state index is 12.1. The molecule has 0 atom stereocenters. The van der Waals surface area contributed by atoms with Crippen molar-refractivity contribution in [2.24, 2.45) is 0 Å². The van der Waals surface area contributed by atoms with Gasteiger partial charge in [-0.2, -0.15) is 0 Å². The number of hydrogen-bond acceptors (Lipinski definition) is 5. The van der Waals surface area contributed by atoms with Crippen molar-refractivity contribution in [1.82, 2.24) is 4.98 Å². The van der Waals surface area contributed by atoms with Gasteiger partial charge in [-0.3, -0.25) is 10.1 Å². The molecule has 1 heterocycles. The fraction of sp³-hybridized carbons (Fsp3) is 0.154. The van der Waals surface area contributed by atoms with Gasteiger partial charge in [-0.25, -0.2) is 9.78 Å². The average Bonchev–Trinajstić information content (AvgIpc) is 2.79. The van der Waals surface area contributed by atoms with Crippen molar-refractivity contribution in [1.29, 1.82) is 0 Å². The standard InChI is InChI=1S/C13H11IN2O3S/c1-7-10(12(18)19-2)20-13(15-7)16-11(17)8-5-3-4-6-9(8)14/h3-6H,1-2H3,(H,15,16,17). The van der Waals surface area contributed by atoms with Crippen LogP contribution in [0.3, 0.4) is 0 Å². The topological polar surface area (TPSA) is 68.3 Å². The monoisotopic (exact) mass is 402 g/mol. The second-order valence-corrected chi connectivity index (χ2v) is 6.02. The van der Waals surface area contributed by atoms with Crippen LogP contribution in [0.2, 0.25) is 0 Å². The van der Waals surface area contributed by atoms with Crippen molar-refractivity contribution in [2.45, 2.75) is 6.92 Å². The molecule has 2 aromatic rings. The molecule has 0 saturated heterocycles. The van der Waals surface area contributed by atoms with Crippen molar-refractivity contribution < 1.29 is 14.3 Å². The summed E-state index contributed by atoms with van der Waals surface area (Å²) in [6.07, 6.45) is 0. The minimum Gasteiger partial charge on any atom is -0.465 e. The van der Waals surface area contributed by atoms with Crippen LogP contribution in [0, 0.1) is 10.5 Å². The Labute approximate surface area is 133 Å². The van der Waals surface area contributed by atoms with Crippen LogP contribution in [-0.2, 0) is 4.74 Å². The van der Waals surface area contributed by atoms with Gasteiger partial charge in [0.1, 0.15) is 4.88 Å². The summed E-state index contributed by atoms with van der Waals surface area (Å²) < 4.78 is 5.51. The summed E-state index contributed by atoms with van der Waals surface area (Å²) in [4.78, 5) is 28.2. The fourth-order valence-electron chi connectivity index (χ4n) is 1.54. The number of thiazole rings is 1. The number of rotatable bonds is 3. The summed E-state index contributed by atoms with van der Waals surface area (Å²) in [6.45, 7) is 1.70. The number of nitrogens with one attached hydrogen (secondary N) is 1. The van der Waals surface area contributed by atoms with E-state index in [1.165, 1.54) is 7.11 Å². The van der Waals surface area contributed by atoms with E-state index >= 15 is 0 Å². The van der Waals surface area contributed by atoms with Gasteiger partial charge in [0.2, 0.25) is 0 Å². The van der Waals surface area contributed by atoms with Crippen molar-refractivity contribution >= 4 is 50.9 Å². The molecule has 0 radical (unpaired) electrons. The number of anilines is 1. The Morgan fingerprint density at radius 3 is 2.70 bits per heavy atom. The molecule has 0 unspecified atom stereocenters. The Morgan fingerprint density at radius 1 is 1.35 bits per heavy atom. The smallest absolute Gasteiger partial charge is 0.350 e. The van der Waals surface area contributed by atoms with E-state index in [2.05, 4.69) is 37.6 Å². The van der Waals surface area contributed by atoms with Crippen LogP contribution in [0.1, 0.15) is 25.7 Å². The molecule has 20 heavy (non-hydrogen) atoms. The molecule has 7 heteroatoms. The molecule has 1 aromatic carbocycles. The second kappa shape index (κ2) is 6.31. The minimum atomic E-state index is -0.449. The molecule has 104 valence electrons. The number of halogens is 1. The van der Waals surface area contributed by atoms with Gasteiger partial charge in [0.25, 0.3) is 5.91 Å². The number of aryl methyl sites for hydroxylation is 1. The van der Waals surface area contributed by atoms with Gasteiger partial charge in [-0.15, -0.1) is 0 Å². The summed E-state index contributed by atoms with van der Waals surface area (Å²) in [7, 11) is 1.31. The Hall–Kier alpha value is -1.48. The lowest BCUT2D eigenvalue weighted by atomic mass is 10.2. The zero-order valence-corrected chi connectivity index (χ0v) is 13.7. The highest BCUT2D eigenvalue weighted by molar-refractivity contribution is 14.1. The van der Waals surface area contributed by atoms with E-state index in [1.54, 1.807) is 19.1 Å². The van der Waals surface area contributed by atoms with E-state index in [1.807, 2.05) is 12.1 Å². The van der Waals surface area contributed by atoms with Crippen LogP contribution in [0.5, 0.6) is 0 Å². The van der Waals surface area contributed by atoms with Crippen molar-refractivity contribution in [3.05, 3.63) is 44.0 Å². The summed E-state index contributed by atoms with van der Waals surface area (Å²) in [5.41, 5.74) is 1.11. The van der Waals surface area contributed by atoms with Crippen LogP contribution in [0.25, 0.3) is 0 Å². The quantitative estimate of drug-likeness (QED) is 0.633. The number of amides is 1. The van der Waals surface area contributed by atoms with Crippen molar-refractivity contribution in [3.63, 3.8) is 0 Å². The van der Waals surface area contributed by atoms with Crippen LogP contribution in [0.15, 0.2) is 24.3 Å². The van der Waals surface area contributed by atoms with Gasteiger partial charge in [-0.05, 0) is 41.6 Å². The summed E-state index contributed by atoms with van der Waals surface area (Å²) >= 11 is 3.20. The van der Waals surface area contributed by atoms with Crippen molar-refractivity contribution in [3.8, 4) is 0 Å². The van der Waals surface area contributed by atoms with Crippen LogP contribution >= 0.6 is 33.9 Å². The Bertz CT molecular complexity index is 669. The number of carbonyl (C=O) groups is 2. The predicted octanol–water partition coefficient (Wildman–Crippen LogP) is 3.10. The van der Waals surface area contributed by atoms with Crippen molar-refractivity contribution in [2.75, 3.05) is 12.4 Å². The summed E-state index contributed by atoms with van der Waals surface area (Å²) in [5, 5.41) is 3.08. The van der Waals surface area contributed by atoms with E-state index in [0.717, 1.165) is 14.9 Å². The maximum absolute atomic E-state index is 12.1. The summed E-state index contributed by atoms with van der Waals surface area (Å²) in [6, 6.07) is 7.24. The van der Waals surface area contributed by atoms with Gasteiger partial charge in [0.15, 0.2) is 5.13 Å². The number of nitrogens with zero attached hydrogens (tertiary/aromatic N) is 1. The molecular formula is C13H11IN2O3S. The normalized spacial score (nSPS) is 10.2. The van der Waals surface area contributed by atoms with Gasteiger partial charge < -0.3 is 4.74 Å². The van der Waals surface area contributed by atoms with Gasteiger partial charge in [0.05, 0.1) is 18.4 Å². The first kappa shape index (κ1) is 14.9. The molecule has 1 aromatic heterocycles. The predicted molar refractivity (Wildman–Crippen MR) is 85.3 cm³/mol. The molecular weight excluding hydrogens is 391 g/mol.